The molecule has 8 nitrogen and oxygen atoms in total. The highest BCUT2D eigenvalue weighted by Gasteiger charge is 2.13. The second kappa shape index (κ2) is 12.4. The van der Waals surface area contributed by atoms with Crippen molar-refractivity contribution >= 4 is 28.3 Å². The molecule has 0 radical (unpaired) electrons. The monoisotopic (exact) mass is 426 g/mol. The molecule has 0 saturated carbocycles. The summed E-state index contributed by atoms with van der Waals surface area (Å²) in [6.07, 6.45) is 2.22. The lowest BCUT2D eigenvalue weighted by Gasteiger charge is -2.26. The first-order chi connectivity index (χ1) is 15.1. The van der Waals surface area contributed by atoms with Crippen molar-refractivity contribution < 1.29 is 9.59 Å². The molecule has 2 aromatic carbocycles. The molecule has 31 heavy (non-hydrogen) atoms. The molecule has 0 aromatic heterocycles. The van der Waals surface area contributed by atoms with Crippen molar-refractivity contribution in [2.45, 2.75) is 19.3 Å². The van der Waals surface area contributed by atoms with Crippen LogP contribution in [0.25, 0.3) is 10.8 Å². The summed E-state index contributed by atoms with van der Waals surface area (Å²) < 4.78 is 0. The molecular formula is C23H34N6O2. The first-order valence-corrected chi connectivity index (χ1v) is 11.1. The summed E-state index contributed by atoms with van der Waals surface area (Å²) >= 11 is 0. The van der Waals surface area contributed by atoms with Gasteiger partial charge in [-0.3, -0.25) is 14.6 Å². The standard InChI is InChI=1S/C23H34N6O2/c24-29-17-16-28(15-13-25-11-12-26-18-23(29)31)14-4-3-10-22(30)27-21-9-5-7-19-6-1-2-8-20(19)21/h1-2,5-9,25-26H,3-4,10-18,24H2,(H,27,30). The number of benzene rings is 2. The Bertz CT molecular complexity index is 854. The lowest BCUT2D eigenvalue weighted by Crippen LogP contribution is -2.49. The quantitative estimate of drug-likeness (QED) is 0.314. The molecular weight excluding hydrogens is 392 g/mol. The number of nitrogens with two attached hydrogens (primary N) is 1. The maximum Gasteiger partial charge on any atom is 0.250 e. The molecule has 0 bridgehead atoms. The van der Waals surface area contributed by atoms with Crippen LogP contribution in [-0.4, -0.2) is 74.1 Å². The Morgan fingerprint density at radius 1 is 0.968 bits per heavy atom. The number of nitrogens with one attached hydrogen (secondary N) is 3. The van der Waals surface area contributed by atoms with Gasteiger partial charge in [0.25, 0.3) is 0 Å². The van der Waals surface area contributed by atoms with Crippen LogP contribution in [0.2, 0.25) is 0 Å². The van der Waals surface area contributed by atoms with Crippen LogP contribution >= 0.6 is 0 Å². The minimum atomic E-state index is -0.0920. The third-order valence-electron chi connectivity index (χ3n) is 5.53. The molecule has 3 rings (SSSR count). The van der Waals surface area contributed by atoms with Gasteiger partial charge in [-0.1, -0.05) is 36.4 Å². The SMILES string of the molecule is NN1CCN(CCCCC(=O)Nc2cccc3ccccc23)CCNCCNCC1=O. The van der Waals surface area contributed by atoms with Crippen molar-refractivity contribution in [3.05, 3.63) is 42.5 Å². The molecule has 0 aliphatic carbocycles. The summed E-state index contributed by atoms with van der Waals surface area (Å²) in [4.78, 5) is 26.7. The number of unbranched alkanes of at least 4 members (excludes halogenated alkanes) is 1. The predicted molar refractivity (Wildman–Crippen MR) is 125 cm³/mol. The van der Waals surface area contributed by atoms with E-state index in [1.54, 1.807) is 0 Å². The molecule has 2 aromatic rings. The highest BCUT2D eigenvalue weighted by Crippen LogP contribution is 2.23. The molecule has 2 amide bonds. The molecule has 1 fully saturated rings. The number of nitrogens with zero attached hydrogens (tertiary/aromatic N) is 2. The van der Waals surface area contributed by atoms with E-state index in [4.69, 9.17) is 5.84 Å². The van der Waals surface area contributed by atoms with Crippen molar-refractivity contribution in [3.8, 4) is 0 Å². The number of anilines is 1. The van der Waals surface area contributed by atoms with Crippen LogP contribution in [0.4, 0.5) is 5.69 Å². The normalized spacial score (nSPS) is 17.2. The first kappa shape index (κ1) is 23.1. The molecule has 5 N–H and O–H groups in total. The van der Waals surface area contributed by atoms with Crippen molar-refractivity contribution in [2.75, 3.05) is 57.7 Å². The molecule has 1 aliphatic heterocycles. The van der Waals surface area contributed by atoms with Crippen LogP contribution < -0.4 is 21.8 Å². The fraction of sp³-hybridized carbons (Fsp3) is 0.478. The van der Waals surface area contributed by atoms with Crippen LogP contribution in [-0.2, 0) is 9.59 Å². The van der Waals surface area contributed by atoms with Gasteiger partial charge >= 0.3 is 0 Å². The van der Waals surface area contributed by atoms with Crippen molar-refractivity contribution in [1.82, 2.24) is 20.5 Å². The van der Waals surface area contributed by atoms with Gasteiger partial charge in [-0.05, 0) is 30.8 Å². The predicted octanol–water partition coefficient (Wildman–Crippen LogP) is 1.15. The zero-order chi connectivity index (χ0) is 21.9. The van der Waals surface area contributed by atoms with Gasteiger partial charge in [0.2, 0.25) is 11.8 Å². The number of amides is 2. The van der Waals surface area contributed by atoms with Crippen LogP contribution in [0.3, 0.4) is 0 Å². The van der Waals surface area contributed by atoms with Gasteiger partial charge in [0.15, 0.2) is 0 Å². The summed E-state index contributed by atoms with van der Waals surface area (Å²) in [5.41, 5.74) is 0.861. The summed E-state index contributed by atoms with van der Waals surface area (Å²) in [6, 6.07) is 14.0. The Labute approximate surface area is 184 Å². The number of hydrogen-bond donors (Lipinski definition) is 4. The fourth-order valence-corrected chi connectivity index (χ4v) is 3.71. The second-order valence-electron chi connectivity index (χ2n) is 7.89. The molecule has 0 unspecified atom stereocenters. The molecule has 168 valence electrons. The topological polar surface area (TPSA) is 103 Å². The van der Waals surface area contributed by atoms with E-state index < -0.39 is 0 Å². The Morgan fingerprint density at radius 2 is 1.77 bits per heavy atom. The lowest BCUT2D eigenvalue weighted by molar-refractivity contribution is -0.130. The smallest absolute Gasteiger partial charge is 0.250 e. The van der Waals surface area contributed by atoms with E-state index in [0.717, 1.165) is 68.6 Å². The Hall–Kier alpha value is -2.52. The van der Waals surface area contributed by atoms with E-state index in [-0.39, 0.29) is 18.4 Å². The van der Waals surface area contributed by atoms with Gasteiger partial charge in [-0.25, -0.2) is 5.84 Å². The maximum absolute atomic E-state index is 12.4. The van der Waals surface area contributed by atoms with E-state index in [1.807, 2.05) is 42.5 Å². The molecule has 8 heteroatoms. The third-order valence-corrected chi connectivity index (χ3v) is 5.53. The zero-order valence-electron chi connectivity index (χ0n) is 18.1. The first-order valence-electron chi connectivity index (χ1n) is 11.1. The van der Waals surface area contributed by atoms with E-state index in [1.165, 1.54) is 5.01 Å². The Morgan fingerprint density at radius 3 is 2.68 bits per heavy atom. The Kier molecular flexibility index (Phi) is 9.23. The van der Waals surface area contributed by atoms with Gasteiger partial charge in [-0.15, -0.1) is 0 Å². The summed E-state index contributed by atoms with van der Waals surface area (Å²) in [7, 11) is 0. The zero-order valence-corrected chi connectivity index (χ0v) is 18.1. The lowest BCUT2D eigenvalue weighted by atomic mass is 10.1. The molecule has 0 spiro atoms. The van der Waals surface area contributed by atoms with Crippen LogP contribution in [0, 0.1) is 0 Å². The largest absolute Gasteiger partial charge is 0.326 e. The Balaban J connectivity index is 1.42. The van der Waals surface area contributed by atoms with E-state index in [9.17, 15) is 9.59 Å². The maximum atomic E-state index is 12.4. The second-order valence-corrected chi connectivity index (χ2v) is 7.89. The van der Waals surface area contributed by atoms with E-state index >= 15 is 0 Å². The van der Waals surface area contributed by atoms with Gasteiger partial charge in [0, 0.05) is 56.8 Å². The molecule has 0 atom stereocenters. The summed E-state index contributed by atoms with van der Waals surface area (Å²) in [5, 5.41) is 13.0. The highest BCUT2D eigenvalue weighted by molar-refractivity contribution is 6.02. The van der Waals surface area contributed by atoms with E-state index in [0.29, 0.717) is 13.0 Å². The average molecular weight is 427 g/mol. The number of rotatable bonds is 6. The molecule has 1 heterocycles. The number of carbonyl (C=O) groups excluding carboxylic acids is 2. The number of hydrogen-bond acceptors (Lipinski definition) is 6. The summed E-state index contributed by atoms with van der Waals surface area (Å²) in [5.74, 6) is 5.82. The highest BCUT2D eigenvalue weighted by atomic mass is 16.2. The van der Waals surface area contributed by atoms with Crippen molar-refractivity contribution in [2.24, 2.45) is 5.84 Å². The number of hydrazine groups is 1. The van der Waals surface area contributed by atoms with Gasteiger partial charge in [0.1, 0.15) is 0 Å². The van der Waals surface area contributed by atoms with Gasteiger partial charge < -0.3 is 20.9 Å². The van der Waals surface area contributed by atoms with Crippen molar-refractivity contribution in [3.63, 3.8) is 0 Å². The minimum Gasteiger partial charge on any atom is -0.326 e. The molecule has 1 aliphatic rings. The van der Waals surface area contributed by atoms with Crippen LogP contribution in [0.5, 0.6) is 0 Å². The van der Waals surface area contributed by atoms with Gasteiger partial charge in [0.05, 0.1) is 6.54 Å². The van der Waals surface area contributed by atoms with Gasteiger partial charge in [-0.2, -0.15) is 0 Å². The van der Waals surface area contributed by atoms with Crippen molar-refractivity contribution in [1.29, 1.82) is 0 Å². The van der Waals surface area contributed by atoms with E-state index in [2.05, 4.69) is 20.9 Å². The summed E-state index contributed by atoms with van der Waals surface area (Å²) in [6.45, 7) is 5.72. The average Bonchev–Trinajstić information content (AvgIpc) is 2.78. The number of fused-ring (bicyclic) bond motifs is 1. The van der Waals surface area contributed by atoms with Crippen LogP contribution in [0.15, 0.2) is 42.5 Å². The minimum absolute atomic E-state index is 0.0398. The number of carbonyl (C=O) groups is 2. The molecule has 1 saturated heterocycles. The van der Waals surface area contributed by atoms with Crippen LogP contribution in [0.1, 0.15) is 19.3 Å². The fourth-order valence-electron chi connectivity index (χ4n) is 3.71. The third kappa shape index (κ3) is 7.59.